The second kappa shape index (κ2) is 15.9. The maximum atomic E-state index is 14.1. The van der Waals surface area contributed by atoms with Crippen molar-refractivity contribution >= 4 is 41.2 Å². The number of ether oxygens (including phenoxy) is 5. The van der Waals surface area contributed by atoms with E-state index in [-0.39, 0.29) is 36.1 Å². The van der Waals surface area contributed by atoms with Gasteiger partial charge in [-0.1, -0.05) is 56.2 Å². The lowest BCUT2D eigenvalue weighted by Gasteiger charge is -2.42. The van der Waals surface area contributed by atoms with Gasteiger partial charge in [0, 0.05) is 40.0 Å². The molecule has 3 heterocycles. The maximum absolute atomic E-state index is 14.1. The van der Waals surface area contributed by atoms with E-state index in [1.165, 1.54) is 31.1 Å². The van der Waals surface area contributed by atoms with Gasteiger partial charge in [0.05, 0.1) is 25.3 Å². The number of carbonyl (C=O) groups is 4. The Bertz CT molecular complexity index is 1560. The van der Waals surface area contributed by atoms with Gasteiger partial charge in [-0.25, -0.2) is 9.59 Å². The van der Waals surface area contributed by atoms with Gasteiger partial charge in [-0.05, 0) is 50.8 Å². The quantitative estimate of drug-likeness (QED) is 0.301. The van der Waals surface area contributed by atoms with E-state index in [4.69, 9.17) is 35.3 Å². The van der Waals surface area contributed by atoms with Crippen LogP contribution in [0.4, 0.5) is 10.5 Å². The molecule has 2 saturated heterocycles. The van der Waals surface area contributed by atoms with Crippen LogP contribution in [0.2, 0.25) is 5.02 Å². The number of nitrogens with zero attached hydrogens (tertiary/aromatic N) is 2. The number of halogens is 1. The number of hydrogen-bond acceptors (Lipinski definition) is 10. The number of epoxide rings is 1. The average Bonchev–Trinajstić information content (AvgIpc) is 3.76. The Morgan fingerprint density at radius 3 is 2.53 bits per heavy atom. The summed E-state index contributed by atoms with van der Waals surface area (Å²) in [6, 6.07) is 2.64. The molecule has 0 saturated carbocycles. The molecule has 14 heteroatoms. The topological polar surface area (TPSA) is 156 Å². The van der Waals surface area contributed by atoms with E-state index in [1.807, 2.05) is 26.8 Å². The van der Waals surface area contributed by atoms with Crippen LogP contribution < -0.4 is 15.0 Å². The molecule has 3 aliphatic rings. The molecular weight excluding hydrogens is 682 g/mol. The Hall–Kier alpha value is -3.65. The van der Waals surface area contributed by atoms with E-state index in [1.54, 1.807) is 52.1 Å². The molecular formula is C37H52ClN3O10. The lowest BCUT2D eigenvalue weighted by atomic mass is 9.83. The molecule has 1 aromatic carbocycles. The monoisotopic (exact) mass is 733 g/mol. The molecule has 1 aromatic rings. The Morgan fingerprint density at radius 1 is 1.22 bits per heavy atom. The summed E-state index contributed by atoms with van der Waals surface area (Å²) in [5.41, 5.74) is -0.878. The van der Waals surface area contributed by atoms with Gasteiger partial charge in [0.25, 0.3) is 0 Å². The third-order valence-electron chi connectivity index (χ3n) is 10.1. The van der Waals surface area contributed by atoms with Crippen LogP contribution in [0.15, 0.2) is 35.9 Å². The number of methoxy groups -OCH3 is 2. The van der Waals surface area contributed by atoms with E-state index < -0.39 is 65.7 Å². The van der Waals surface area contributed by atoms with Crippen molar-refractivity contribution in [3.63, 3.8) is 0 Å². The Balaban J connectivity index is 1.77. The van der Waals surface area contributed by atoms with Crippen molar-refractivity contribution in [1.29, 1.82) is 0 Å². The van der Waals surface area contributed by atoms with Crippen LogP contribution in [-0.2, 0) is 39.8 Å². The number of fused-ring (bicyclic) bond motifs is 5. The highest BCUT2D eigenvalue weighted by molar-refractivity contribution is 6.35. The fourth-order valence-corrected chi connectivity index (χ4v) is 7.02. The zero-order chi connectivity index (χ0) is 38.0. The largest absolute Gasteiger partial charge is 0.495 e. The summed E-state index contributed by atoms with van der Waals surface area (Å²) in [7, 11) is 6.04. The summed E-state index contributed by atoms with van der Waals surface area (Å²) in [5.74, 6) is -1.41. The molecule has 8 atom stereocenters. The molecule has 51 heavy (non-hydrogen) atoms. The van der Waals surface area contributed by atoms with Crippen molar-refractivity contribution in [2.24, 2.45) is 11.8 Å². The Morgan fingerprint density at radius 2 is 1.90 bits per heavy atom. The summed E-state index contributed by atoms with van der Waals surface area (Å²) in [6.07, 6.45) is 1.26. The standard InChI is InChI=1S/C37H52ClN3O10/c1-20(2)14-30(42)40(7)23(5)34(44)50-29-18-31(43)41(8)25-16-24(17-26(47-9)32(25)38)15-21(3)12-11-13-28(48-10)37(46)19-27(49-35(45)39-37)22(4)33-36(29,6)51-33/h11-13,16-17,20,22-23,27-29,33,46H,14-15,18-19H2,1-10H3,(H,39,45)/b13-11+,21-12+/t22-,23+,27+,28-,29-,33-,36+,37+/m1/s1. The zero-order valence-corrected chi connectivity index (χ0v) is 31.9. The zero-order valence-electron chi connectivity index (χ0n) is 31.2. The van der Waals surface area contributed by atoms with Crippen molar-refractivity contribution in [3.05, 3.63) is 46.5 Å². The van der Waals surface area contributed by atoms with Gasteiger partial charge in [-0.2, -0.15) is 0 Å². The number of likely N-dealkylation sites (N-methyl/N-ethyl adjacent to an activating group) is 1. The molecule has 2 fully saturated rings. The minimum atomic E-state index is -1.82. The van der Waals surface area contributed by atoms with E-state index >= 15 is 0 Å². The summed E-state index contributed by atoms with van der Waals surface area (Å²) in [5, 5.41) is 14.5. The molecule has 0 aromatic heterocycles. The van der Waals surface area contributed by atoms with Gasteiger partial charge >= 0.3 is 12.1 Å². The van der Waals surface area contributed by atoms with Crippen LogP contribution in [-0.4, -0.2) is 104 Å². The van der Waals surface area contributed by atoms with E-state index in [0.717, 1.165) is 11.1 Å². The van der Waals surface area contributed by atoms with Crippen LogP contribution in [0.1, 0.15) is 66.4 Å². The summed E-state index contributed by atoms with van der Waals surface area (Å²) >= 11 is 6.75. The number of aliphatic hydroxyl groups is 1. The maximum Gasteiger partial charge on any atom is 0.409 e. The van der Waals surface area contributed by atoms with Gasteiger partial charge in [-0.15, -0.1) is 0 Å². The van der Waals surface area contributed by atoms with Crippen molar-refractivity contribution in [2.75, 3.05) is 33.2 Å². The average molecular weight is 734 g/mol. The van der Waals surface area contributed by atoms with E-state index in [2.05, 4.69) is 5.32 Å². The van der Waals surface area contributed by atoms with Crippen LogP contribution >= 0.6 is 11.6 Å². The summed E-state index contributed by atoms with van der Waals surface area (Å²) < 4.78 is 29.2. The van der Waals surface area contributed by atoms with Gasteiger partial charge in [0.15, 0.2) is 5.72 Å². The third kappa shape index (κ3) is 8.88. The van der Waals surface area contributed by atoms with Gasteiger partial charge in [0.2, 0.25) is 11.8 Å². The molecule has 0 unspecified atom stereocenters. The predicted octanol–water partition coefficient (Wildman–Crippen LogP) is 4.56. The lowest BCUT2D eigenvalue weighted by Crippen LogP contribution is -2.63. The second-order valence-electron chi connectivity index (χ2n) is 14.5. The number of esters is 1. The molecule has 282 valence electrons. The number of hydrogen-bond donors (Lipinski definition) is 2. The van der Waals surface area contributed by atoms with Crippen molar-refractivity contribution in [1.82, 2.24) is 10.2 Å². The normalized spacial score (nSPS) is 32.1. The number of amides is 3. The fourth-order valence-electron chi connectivity index (χ4n) is 6.71. The number of anilines is 1. The molecule has 0 aliphatic carbocycles. The predicted molar refractivity (Wildman–Crippen MR) is 190 cm³/mol. The minimum Gasteiger partial charge on any atom is -0.495 e. The van der Waals surface area contributed by atoms with Crippen LogP contribution in [0.3, 0.4) is 0 Å². The third-order valence-corrected chi connectivity index (χ3v) is 10.5. The number of alkyl carbamates (subject to hydrolysis) is 1. The van der Waals surface area contributed by atoms with Gasteiger partial charge in [0.1, 0.15) is 40.7 Å². The van der Waals surface area contributed by atoms with Gasteiger partial charge in [-0.3, -0.25) is 14.9 Å². The SMILES string of the molecule is COc1cc2cc(c1Cl)N(C)C(=O)C[C@@H](OC(=O)[C@H](C)N(C)C(=O)CC(C)C)[C@]1(C)O[C@@H]1[C@H](C)[C@@H]1C[C@@](O)(NC(=O)O1)[C@H](OC)/C=C/C=C(\C)C2. The molecule has 2 N–H and O–H groups in total. The Kier molecular flexibility index (Phi) is 12.5. The van der Waals surface area contributed by atoms with E-state index in [0.29, 0.717) is 17.9 Å². The number of allylic oxidation sites excluding steroid dienone is 3. The molecule has 0 spiro atoms. The molecule has 13 nitrogen and oxygen atoms in total. The van der Waals surface area contributed by atoms with Crippen molar-refractivity contribution < 1.29 is 48.0 Å². The van der Waals surface area contributed by atoms with Crippen molar-refractivity contribution in [2.45, 2.75) is 109 Å². The van der Waals surface area contributed by atoms with Gasteiger partial charge < -0.3 is 38.6 Å². The Labute approximate surface area is 305 Å². The number of rotatable bonds is 7. The molecule has 3 amide bonds. The summed E-state index contributed by atoms with van der Waals surface area (Å²) in [4.78, 5) is 56.1. The number of nitrogens with one attached hydrogen (secondary N) is 1. The first-order valence-corrected chi connectivity index (χ1v) is 17.6. The molecule has 0 radical (unpaired) electrons. The van der Waals surface area contributed by atoms with Crippen molar-refractivity contribution in [3.8, 4) is 5.75 Å². The first-order chi connectivity index (χ1) is 23.8. The van der Waals surface area contributed by atoms with Crippen LogP contribution in [0, 0.1) is 11.8 Å². The molecule has 4 bridgehead atoms. The first kappa shape index (κ1) is 40.1. The highest BCUT2D eigenvalue weighted by atomic mass is 35.5. The summed E-state index contributed by atoms with van der Waals surface area (Å²) in [6.45, 7) is 10.8. The molecule has 3 aliphatic heterocycles. The second-order valence-corrected chi connectivity index (χ2v) is 14.9. The number of benzene rings is 1. The smallest absolute Gasteiger partial charge is 0.409 e. The van der Waals surface area contributed by atoms with E-state index in [9.17, 15) is 24.3 Å². The highest BCUT2D eigenvalue weighted by Gasteiger charge is 2.64. The fraction of sp³-hybridized carbons (Fsp3) is 0.622. The highest BCUT2D eigenvalue weighted by Crippen LogP contribution is 2.49. The lowest BCUT2D eigenvalue weighted by molar-refractivity contribution is -0.162. The van der Waals surface area contributed by atoms with Crippen LogP contribution in [0.5, 0.6) is 5.75 Å². The molecule has 4 rings (SSSR count). The van der Waals surface area contributed by atoms with Crippen LogP contribution in [0.25, 0.3) is 0 Å². The minimum absolute atomic E-state index is 0.0442. The first-order valence-electron chi connectivity index (χ1n) is 17.2. The number of carbonyl (C=O) groups excluding carboxylic acids is 4.